The molecule has 3 aromatic carbocycles. The van der Waals surface area contributed by atoms with Crippen LogP contribution in [0.1, 0.15) is 97.1 Å². The van der Waals surface area contributed by atoms with Crippen molar-refractivity contribution in [1.82, 2.24) is 31.1 Å². The van der Waals surface area contributed by atoms with Gasteiger partial charge in [0, 0.05) is 51.2 Å². The van der Waals surface area contributed by atoms with Crippen LogP contribution < -0.4 is 31.7 Å². The molecular formula is C43H45N7O11. The Hall–Kier alpha value is -7.37. The number of aromatic hydroxyl groups is 1. The smallest absolute Gasteiger partial charge is 0.267 e. The summed E-state index contributed by atoms with van der Waals surface area (Å²) in [6.45, 7) is -0.0108. The van der Waals surface area contributed by atoms with E-state index in [0.29, 0.717) is 12.8 Å². The van der Waals surface area contributed by atoms with Gasteiger partial charge in [0.1, 0.15) is 23.2 Å². The number of allylic oxidation sites excluding steroid dienone is 1. The van der Waals surface area contributed by atoms with Gasteiger partial charge in [0.15, 0.2) is 12.4 Å². The fourth-order valence-electron chi connectivity index (χ4n) is 7.30. The molecule has 1 saturated heterocycles. The van der Waals surface area contributed by atoms with Crippen molar-refractivity contribution in [3.8, 4) is 11.5 Å². The van der Waals surface area contributed by atoms with Gasteiger partial charge in [-0.3, -0.25) is 53.4 Å². The highest BCUT2D eigenvalue weighted by Gasteiger charge is 2.46. The van der Waals surface area contributed by atoms with Gasteiger partial charge in [-0.2, -0.15) is 0 Å². The Morgan fingerprint density at radius 1 is 0.918 bits per heavy atom. The van der Waals surface area contributed by atoms with Crippen LogP contribution in [0.3, 0.4) is 0 Å². The molecule has 1 unspecified atom stereocenters. The van der Waals surface area contributed by atoms with E-state index in [9.17, 15) is 48.3 Å². The number of carbonyl (C=O) groups excluding carboxylic acids is 9. The Kier molecular flexibility index (Phi) is 13.6. The Morgan fingerprint density at radius 2 is 1.69 bits per heavy atom. The number of carbonyl (C=O) groups is 9. The molecule has 318 valence electrons. The third-order valence-corrected chi connectivity index (χ3v) is 10.6. The molecule has 6 rings (SSSR count). The summed E-state index contributed by atoms with van der Waals surface area (Å²) in [7, 11) is 1.49. The lowest BCUT2D eigenvalue weighted by Crippen LogP contribution is -2.54. The van der Waals surface area contributed by atoms with Crippen LogP contribution in [0.15, 0.2) is 72.4 Å². The third-order valence-electron chi connectivity index (χ3n) is 10.6. The lowest BCUT2D eigenvalue weighted by atomic mass is 10.0. The molecule has 1 fully saturated rings. The fourth-order valence-corrected chi connectivity index (χ4v) is 7.30. The van der Waals surface area contributed by atoms with Crippen molar-refractivity contribution >= 4 is 53.0 Å². The van der Waals surface area contributed by atoms with E-state index in [4.69, 9.17) is 10.5 Å². The molecule has 8 amide bonds. The number of hydrogen-bond acceptors (Lipinski definition) is 12. The van der Waals surface area contributed by atoms with E-state index < -0.39 is 65.5 Å². The van der Waals surface area contributed by atoms with Crippen molar-refractivity contribution in [2.24, 2.45) is 5.73 Å². The van der Waals surface area contributed by atoms with E-state index in [1.54, 1.807) is 0 Å². The minimum absolute atomic E-state index is 0.00152. The van der Waals surface area contributed by atoms with Crippen LogP contribution in [0.25, 0.3) is 0 Å². The average Bonchev–Trinajstić information content (AvgIpc) is 3.76. The van der Waals surface area contributed by atoms with Crippen LogP contribution >= 0.6 is 0 Å². The highest BCUT2D eigenvalue weighted by atomic mass is 16.5. The number of amides is 8. The number of aryl methyl sites for hydroxylation is 1. The average molecular weight is 836 g/mol. The lowest BCUT2D eigenvalue weighted by Gasteiger charge is -2.27. The molecule has 1 aliphatic carbocycles. The van der Waals surface area contributed by atoms with Gasteiger partial charge in [0.05, 0.1) is 22.7 Å². The molecule has 18 nitrogen and oxygen atoms in total. The normalized spacial score (nSPS) is 16.9. The summed E-state index contributed by atoms with van der Waals surface area (Å²) in [6, 6.07) is 14.5. The van der Waals surface area contributed by atoms with E-state index in [-0.39, 0.29) is 84.5 Å². The van der Waals surface area contributed by atoms with E-state index in [1.165, 1.54) is 42.3 Å². The second kappa shape index (κ2) is 19.1. The summed E-state index contributed by atoms with van der Waals surface area (Å²) in [5.41, 5.74) is 7.69. The number of nitrogens with two attached hydrogens (primary N) is 1. The van der Waals surface area contributed by atoms with E-state index in [2.05, 4.69) is 21.3 Å². The maximum absolute atomic E-state index is 13.2. The first-order valence-corrected chi connectivity index (χ1v) is 19.7. The Balaban J connectivity index is 0.865. The molecule has 0 aromatic heterocycles. The van der Waals surface area contributed by atoms with Crippen LogP contribution in [0.2, 0.25) is 0 Å². The first-order valence-electron chi connectivity index (χ1n) is 19.7. The zero-order valence-electron chi connectivity index (χ0n) is 33.3. The number of imide groups is 2. The largest absolute Gasteiger partial charge is 0.507 e. The number of hydrogen-bond donors (Lipinski definition) is 6. The maximum atomic E-state index is 13.2. The molecule has 3 aromatic rings. The number of phenols is 1. The SMILES string of the molecule is CN(CCNC(=O)CCCCNC(=O)COc1cccc2c1C(=O)N(C1CCC(=O)NC1=O)C2=O)C(=O)c1ccc(C(=O)C=C(N)C(=O)N[C@@H]2CCc3ccccc32)cc1O. The number of benzene rings is 3. The third kappa shape index (κ3) is 10.1. The van der Waals surface area contributed by atoms with Gasteiger partial charge in [-0.05, 0) is 73.6 Å². The molecule has 0 saturated carbocycles. The van der Waals surface area contributed by atoms with Crippen LogP contribution in [0.5, 0.6) is 11.5 Å². The summed E-state index contributed by atoms with van der Waals surface area (Å²) >= 11 is 0. The van der Waals surface area contributed by atoms with Gasteiger partial charge in [-0.15, -0.1) is 0 Å². The monoisotopic (exact) mass is 835 g/mol. The number of rotatable bonds is 17. The van der Waals surface area contributed by atoms with Crippen LogP contribution in [-0.4, -0.2) is 107 Å². The molecule has 3 aliphatic rings. The number of fused-ring (bicyclic) bond motifs is 2. The van der Waals surface area contributed by atoms with Crippen molar-refractivity contribution in [3.63, 3.8) is 0 Å². The summed E-state index contributed by atoms with van der Waals surface area (Å²) in [5, 5.41) is 21.0. The van der Waals surface area contributed by atoms with Gasteiger partial charge in [0.25, 0.3) is 29.5 Å². The molecular weight excluding hydrogens is 791 g/mol. The number of ether oxygens (including phenoxy) is 1. The molecule has 18 heteroatoms. The Bertz CT molecular complexity index is 2340. The van der Waals surface area contributed by atoms with E-state index >= 15 is 0 Å². The summed E-state index contributed by atoms with van der Waals surface area (Å²) in [6.07, 6.45) is 3.52. The number of unbranched alkanes of at least 4 members (excludes halogenated alkanes) is 1. The maximum Gasteiger partial charge on any atom is 0.267 e. The highest BCUT2D eigenvalue weighted by Crippen LogP contribution is 2.34. The first-order chi connectivity index (χ1) is 29.2. The number of piperidine rings is 1. The number of nitrogens with zero attached hydrogens (tertiary/aromatic N) is 2. The highest BCUT2D eigenvalue weighted by molar-refractivity contribution is 6.24. The zero-order valence-corrected chi connectivity index (χ0v) is 33.3. The van der Waals surface area contributed by atoms with E-state index in [0.717, 1.165) is 41.0 Å². The summed E-state index contributed by atoms with van der Waals surface area (Å²) in [4.78, 5) is 116. The van der Waals surface area contributed by atoms with Crippen molar-refractivity contribution < 1.29 is 53.0 Å². The van der Waals surface area contributed by atoms with Crippen molar-refractivity contribution in [1.29, 1.82) is 0 Å². The van der Waals surface area contributed by atoms with Crippen LogP contribution in [0, 0.1) is 0 Å². The zero-order chi connectivity index (χ0) is 43.8. The molecule has 2 aliphatic heterocycles. The van der Waals surface area contributed by atoms with Gasteiger partial charge in [0.2, 0.25) is 17.7 Å². The molecule has 0 spiro atoms. The minimum Gasteiger partial charge on any atom is -0.507 e. The minimum atomic E-state index is -1.14. The van der Waals surface area contributed by atoms with Crippen molar-refractivity contribution in [3.05, 3.63) is 106 Å². The number of phenolic OH excluding ortho intramolecular Hbond substituents is 1. The summed E-state index contributed by atoms with van der Waals surface area (Å²) < 4.78 is 5.57. The molecule has 0 radical (unpaired) electrons. The standard InChI is InChI=1S/C43H45N7O11/c1-49(41(58)27-14-12-25(21-33(27)52)32(51)22-29(44)39(56)47-30-15-13-24-7-2-3-8-26(24)30)20-19-46-35(53)11-4-5-18-45-37(55)23-61-34-10-6-9-28-38(34)43(60)50(42(28)59)31-16-17-36(54)48-40(31)57/h2-3,6-10,12,14,21-22,30-31,52H,4-5,11,13,15-20,23,44H2,1H3,(H,45,55)(H,46,53)(H,47,56)(H,48,54,57)/t30-,31?/m1/s1. The molecule has 61 heavy (non-hydrogen) atoms. The van der Waals surface area contributed by atoms with Gasteiger partial charge in [-0.1, -0.05) is 30.3 Å². The number of nitrogens with one attached hydrogen (secondary N) is 4. The molecule has 2 atom stereocenters. The fraction of sp³-hybridized carbons (Fsp3) is 0.326. The van der Waals surface area contributed by atoms with Crippen molar-refractivity contribution in [2.75, 3.05) is 33.3 Å². The van der Waals surface area contributed by atoms with Crippen LogP contribution in [0.4, 0.5) is 0 Å². The summed E-state index contributed by atoms with van der Waals surface area (Å²) in [5.74, 6) is -5.69. The predicted octanol–water partition coefficient (Wildman–Crippen LogP) is 1.18. The molecule has 0 bridgehead atoms. The van der Waals surface area contributed by atoms with E-state index in [1.807, 2.05) is 24.3 Å². The Morgan fingerprint density at radius 3 is 2.46 bits per heavy atom. The quantitative estimate of drug-likeness (QED) is 0.0485. The second-order valence-corrected chi connectivity index (χ2v) is 14.8. The topological polar surface area (TPSA) is 264 Å². The predicted molar refractivity (Wildman–Crippen MR) is 216 cm³/mol. The molecule has 7 N–H and O–H groups in total. The second-order valence-electron chi connectivity index (χ2n) is 14.8. The van der Waals surface area contributed by atoms with Crippen LogP contribution in [-0.2, 0) is 30.4 Å². The van der Waals surface area contributed by atoms with Gasteiger partial charge < -0.3 is 36.4 Å². The number of ketones is 1. The van der Waals surface area contributed by atoms with Crippen molar-refractivity contribution in [2.45, 2.75) is 57.0 Å². The van der Waals surface area contributed by atoms with Gasteiger partial charge in [-0.25, -0.2) is 0 Å². The molecule has 2 heterocycles. The van der Waals surface area contributed by atoms with Gasteiger partial charge >= 0.3 is 0 Å². The Labute approximate surface area is 349 Å². The lowest BCUT2D eigenvalue weighted by molar-refractivity contribution is -0.136. The number of likely N-dealkylation sites (N-methyl/N-ethyl adjacent to an activating group) is 1. The first kappa shape index (κ1) is 43.2.